The molecule has 2 rings (SSSR count). The fourth-order valence-electron chi connectivity index (χ4n) is 2.66. The second-order valence-electron chi connectivity index (χ2n) is 5.53. The normalized spacial score (nSPS) is 21.6. The summed E-state index contributed by atoms with van der Waals surface area (Å²) in [6.45, 7) is 4.46. The molecule has 0 saturated carbocycles. The van der Waals surface area contributed by atoms with Crippen molar-refractivity contribution in [2.45, 2.75) is 37.6 Å². The van der Waals surface area contributed by atoms with Crippen LogP contribution >= 0.6 is 12.4 Å². The minimum Gasteiger partial charge on any atom is -0.328 e. The van der Waals surface area contributed by atoms with Crippen LogP contribution in [0.1, 0.15) is 25.3 Å². The van der Waals surface area contributed by atoms with Gasteiger partial charge in [0.15, 0.2) is 0 Å². The Bertz CT molecular complexity index is 593. The Labute approximate surface area is 132 Å². The topological polar surface area (TPSA) is 63.4 Å². The Kier molecular flexibility index (Phi) is 6.16. The smallest absolute Gasteiger partial charge is 0.243 e. The van der Waals surface area contributed by atoms with Gasteiger partial charge in [0, 0.05) is 19.1 Å². The highest BCUT2D eigenvalue weighted by Crippen LogP contribution is 2.26. The van der Waals surface area contributed by atoms with E-state index in [1.165, 1.54) is 22.5 Å². The number of hydrogen-bond acceptors (Lipinski definition) is 3. The van der Waals surface area contributed by atoms with Gasteiger partial charge in [-0.05, 0) is 56.4 Å². The molecule has 0 radical (unpaired) electrons. The lowest BCUT2D eigenvalue weighted by molar-refractivity contribution is 0.243. The molecule has 2 unspecified atom stereocenters. The highest BCUT2D eigenvalue weighted by molar-refractivity contribution is 7.89. The fraction of sp³-hybridized carbons (Fsp3) is 0.571. The summed E-state index contributed by atoms with van der Waals surface area (Å²) in [7, 11) is -3.56. The number of sulfonamides is 1. The van der Waals surface area contributed by atoms with Crippen LogP contribution in [-0.4, -0.2) is 31.9 Å². The third-order valence-corrected chi connectivity index (χ3v) is 5.94. The maximum Gasteiger partial charge on any atom is 0.243 e. The van der Waals surface area contributed by atoms with Gasteiger partial charge in [-0.15, -0.1) is 12.4 Å². The lowest BCUT2D eigenvalue weighted by Gasteiger charge is -2.34. The van der Waals surface area contributed by atoms with E-state index in [4.69, 9.17) is 5.73 Å². The summed E-state index contributed by atoms with van der Waals surface area (Å²) in [6, 6.07) is 3.75. The second-order valence-corrected chi connectivity index (χ2v) is 7.44. The number of hydrogen-bond donors (Lipinski definition) is 1. The van der Waals surface area contributed by atoms with E-state index < -0.39 is 15.8 Å². The van der Waals surface area contributed by atoms with Gasteiger partial charge in [0.25, 0.3) is 0 Å². The van der Waals surface area contributed by atoms with E-state index in [0.29, 0.717) is 18.7 Å². The molecule has 1 aliphatic rings. The Morgan fingerprint density at radius 3 is 2.67 bits per heavy atom. The maximum absolute atomic E-state index is 13.1. The van der Waals surface area contributed by atoms with Gasteiger partial charge in [-0.1, -0.05) is 0 Å². The average Bonchev–Trinajstić information content (AvgIpc) is 2.38. The van der Waals surface area contributed by atoms with E-state index in [9.17, 15) is 12.8 Å². The van der Waals surface area contributed by atoms with Crippen LogP contribution < -0.4 is 5.73 Å². The lowest BCUT2D eigenvalue weighted by atomic mass is 9.93. The first kappa shape index (κ1) is 18.4. The summed E-state index contributed by atoms with van der Waals surface area (Å²) in [5, 5.41) is 0. The molecule has 0 amide bonds. The number of aryl methyl sites for hydroxylation is 1. The van der Waals surface area contributed by atoms with Crippen molar-refractivity contribution in [1.29, 1.82) is 0 Å². The summed E-state index contributed by atoms with van der Waals surface area (Å²) in [5.41, 5.74) is 6.33. The van der Waals surface area contributed by atoms with E-state index in [2.05, 4.69) is 0 Å². The van der Waals surface area contributed by atoms with Crippen molar-refractivity contribution in [3.05, 3.63) is 29.6 Å². The van der Waals surface area contributed by atoms with E-state index in [1.807, 2.05) is 6.92 Å². The number of piperidine rings is 1. The van der Waals surface area contributed by atoms with E-state index in [-0.39, 0.29) is 29.3 Å². The first-order valence-electron chi connectivity index (χ1n) is 6.84. The Morgan fingerprint density at radius 2 is 2.10 bits per heavy atom. The van der Waals surface area contributed by atoms with Gasteiger partial charge in [0.2, 0.25) is 10.0 Å². The van der Waals surface area contributed by atoms with Crippen molar-refractivity contribution in [2.75, 3.05) is 13.1 Å². The van der Waals surface area contributed by atoms with E-state index in [0.717, 1.165) is 12.8 Å². The molecule has 1 aromatic carbocycles. The average molecular weight is 337 g/mol. The standard InChI is InChI=1S/C14H21FN2O2S.ClH/c1-10-8-13(15)5-6-14(10)20(18,19)17-7-3-4-12(9-17)11(2)16;/h5-6,8,11-12H,3-4,7,9,16H2,1-2H3;1H. The van der Waals surface area contributed by atoms with Crippen molar-refractivity contribution in [3.8, 4) is 0 Å². The van der Waals surface area contributed by atoms with Crippen LogP contribution in [0.25, 0.3) is 0 Å². The molecule has 2 N–H and O–H groups in total. The number of halogens is 2. The highest BCUT2D eigenvalue weighted by atomic mass is 35.5. The summed E-state index contributed by atoms with van der Waals surface area (Å²) < 4.78 is 39.9. The second kappa shape index (κ2) is 7.05. The molecule has 1 fully saturated rings. The third-order valence-electron chi connectivity index (χ3n) is 3.92. The molecular weight excluding hydrogens is 315 g/mol. The summed E-state index contributed by atoms with van der Waals surface area (Å²) in [4.78, 5) is 0.184. The summed E-state index contributed by atoms with van der Waals surface area (Å²) in [6.07, 6.45) is 1.76. The molecule has 1 aromatic rings. The van der Waals surface area contributed by atoms with Gasteiger partial charge in [0.05, 0.1) is 4.90 Å². The van der Waals surface area contributed by atoms with Gasteiger partial charge in [-0.3, -0.25) is 0 Å². The molecule has 120 valence electrons. The first-order chi connectivity index (χ1) is 9.32. The predicted octanol–water partition coefficient (Wildman–Crippen LogP) is 2.30. The third kappa shape index (κ3) is 3.94. The van der Waals surface area contributed by atoms with Gasteiger partial charge < -0.3 is 5.73 Å². The van der Waals surface area contributed by atoms with Crippen LogP contribution in [-0.2, 0) is 10.0 Å². The van der Waals surface area contributed by atoms with Crippen molar-refractivity contribution in [1.82, 2.24) is 4.31 Å². The minimum absolute atomic E-state index is 0. The number of nitrogens with zero attached hydrogens (tertiary/aromatic N) is 1. The van der Waals surface area contributed by atoms with Gasteiger partial charge >= 0.3 is 0 Å². The van der Waals surface area contributed by atoms with Gasteiger partial charge in [0.1, 0.15) is 5.82 Å². The highest BCUT2D eigenvalue weighted by Gasteiger charge is 2.32. The van der Waals surface area contributed by atoms with Crippen LogP contribution in [0, 0.1) is 18.7 Å². The predicted molar refractivity (Wildman–Crippen MR) is 83.5 cm³/mol. The molecule has 1 aliphatic heterocycles. The molecule has 21 heavy (non-hydrogen) atoms. The van der Waals surface area contributed by atoms with E-state index >= 15 is 0 Å². The minimum atomic E-state index is -3.56. The van der Waals surface area contributed by atoms with Crippen LogP contribution in [0.5, 0.6) is 0 Å². The largest absolute Gasteiger partial charge is 0.328 e. The maximum atomic E-state index is 13.1. The number of nitrogens with two attached hydrogens (primary N) is 1. The van der Waals surface area contributed by atoms with E-state index in [1.54, 1.807) is 6.92 Å². The van der Waals surface area contributed by atoms with Crippen molar-refractivity contribution in [3.63, 3.8) is 0 Å². The van der Waals surface area contributed by atoms with Gasteiger partial charge in [-0.25, -0.2) is 12.8 Å². The summed E-state index contributed by atoms with van der Waals surface area (Å²) in [5.74, 6) is -0.243. The van der Waals surface area contributed by atoms with Crippen molar-refractivity contribution >= 4 is 22.4 Å². The van der Waals surface area contributed by atoms with Crippen LogP contribution in [0.3, 0.4) is 0 Å². The molecule has 0 bridgehead atoms. The van der Waals surface area contributed by atoms with Crippen molar-refractivity contribution < 1.29 is 12.8 Å². The van der Waals surface area contributed by atoms with Crippen LogP contribution in [0.2, 0.25) is 0 Å². The number of rotatable bonds is 3. The zero-order chi connectivity index (χ0) is 14.9. The van der Waals surface area contributed by atoms with Crippen molar-refractivity contribution in [2.24, 2.45) is 11.7 Å². The molecule has 2 atom stereocenters. The number of benzene rings is 1. The lowest BCUT2D eigenvalue weighted by Crippen LogP contribution is -2.45. The Morgan fingerprint density at radius 1 is 1.43 bits per heavy atom. The first-order valence-corrected chi connectivity index (χ1v) is 8.28. The molecular formula is C14H22ClFN2O2S. The zero-order valence-electron chi connectivity index (χ0n) is 12.3. The monoisotopic (exact) mass is 336 g/mol. The fourth-order valence-corrected chi connectivity index (χ4v) is 4.40. The Balaban J connectivity index is 0.00000220. The SMILES string of the molecule is Cc1cc(F)ccc1S(=O)(=O)N1CCCC(C(C)N)C1.Cl. The molecule has 7 heteroatoms. The quantitative estimate of drug-likeness (QED) is 0.921. The zero-order valence-corrected chi connectivity index (χ0v) is 13.9. The molecule has 4 nitrogen and oxygen atoms in total. The van der Waals surface area contributed by atoms with Gasteiger partial charge in [-0.2, -0.15) is 4.31 Å². The van der Waals surface area contributed by atoms with Crippen LogP contribution in [0.15, 0.2) is 23.1 Å². The summed E-state index contributed by atoms with van der Waals surface area (Å²) >= 11 is 0. The molecule has 0 aromatic heterocycles. The molecule has 1 heterocycles. The van der Waals surface area contributed by atoms with Crippen LogP contribution in [0.4, 0.5) is 4.39 Å². The molecule has 0 spiro atoms. The molecule has 1 saturated heterocycles. The molecule has 0 aliphatic carbocycles. The Hall–Kier alpha value is -0.690.